The van der Waals surface area contributed by atoms with Gasteiger partial charge in [0.2, 0.25) is 0 Å². The monoisotopic (exact) mass is 1000 g/mol. The van der Waals surface area contributed by atoms with Crippen LogP contribution in [0.1, 0.15) is 118 Å². The zero-order valence-electron chi connectivity index (χ0n) is 37.5. The highest BCUT2D eigenvalue weighted by molar-refractivity contribution is 9.10. The molecule has 0 atom stereocenters. The lowest BCUT2D eigenvalue weighted by atomic mass is 9.83. The van der Waals surface area contributed by atoms with Gasteiger partial charge in [0, 0.05) is 52.1 Å². The summed E-state index contributed by atoms with van der Waals surface area (Å²) in [5, 5.41) is 0. The average molecular weight is 1010 g/mol. The maximum atomic E-state index is 11.2. The van der Waals surface area contributed by atoms with Crippen LogP contribution in [-0.2, 0) is 34.6 Å². The minimum absolute atomic E-state index is 0.0206. The number of carbonyl (C=O) groups excluding carboxylic acids is 3. The normalized spacial score (nSPS) is 13.4. The summed E-state index contributed by atoms with van der Waals surface area (Å²) in [5.74, 6) is -0.186. The summed E-state index contributed by atoms with van der Waals surface area (Å²) >= 11 is 12.5. The van der Waals surface area contributed by atoms with Gasteiger partial charge in [-0.1, -0.05) is 170 Å². The minimum Gasteiger partial charge on any atom is -0.465 e. The summed E-state index contributed by atoms with van der Waals surface area (Å²) in [6.45, 7) is 17.2. The van der Waals surface area contributed by atoms with Crippen molar-refractivity contribution >= 4 is 60.8 Å². The molecule has 3 aliphatic rings. The van der Waals surface area contributed by atoms with Gasteiger partial charge in [-0.2, -0.15) is 0 Å². The van der Waals surface area contributed by atoms with Crippen LogP contribution in [0, 0.1) is 0 Å². The van der Waals surface area contributed by atoms with E-state index in [0.717, 1.165) is 8.95 Å². The second-order valence-corrected chi connectivity index (χ2v) is 20.7. The van der Waals surface area contributed by atoms with Gasteiger partial charge in [-0.15, -0.1) is 0 Å². The molecule has 330 valence electrons. The van der Waals surface area contributed by atoms with Crippen LogP contribution in [0.5, 0.6) is 0 Å². The number of ether oxygens (including phenoxy) is 3. The topological polar surface area (TPSA) is 78.9 Å². The molecule has 0 aliphatic heterocycles. The van der Waals surface area contributed by atoms with Crippen molar-refractivity contribution in [2.75, 3.05) is 19.8 Å². The summed E-state index contributed by atoms with van der Waals surface area (Å²) in [6, 6.07) is 42.5. The first kappa shape index (κ1) is 47.0. The van der Waals surface area contributed by atoms with Gasteiger partial charge in [-0.3, -0.25) is 9.59 Å². The Morgan fingerprint density at radius 1 is 0.453 bits per heavy atom. The molecular formula is C55H53Br2ClO6. The third-order valence-electron chi connectivity index (χ3n) is 12.2. The average Bonchev–Trinajstić information content (AvgIpc) is 3.84. The van der Waals surface area contributed by atoms with Crippen LogP contribution in [0.15, 0.2) is 130 Å². The molecular weight excluding hydrogens is 952 g/mol. The highest BCUT2D eigenvalue weighted by Crippen LogP contribution is 2.49. The van der Waals surface area contributed by atoms with Crippen LogP contribution in [0.25, 0.3) is 33.4 Å². The van der Waals surface area contributed by atoms with Crippen molar-refractivity contribution < 1.29 is 28.6 Å². The maximum Gasteiger partial charge on any atom is 0.403 e. The molecule has 0 bridgehead atoms. The molecule has 0 saturated heterocycles. The van der Waals surface area contributed by atoms with E-state index in [-0.39, 0.29) is 47.1 Å². The second-order valence-electron chi connectivity index (χ2n) is 18.6. The van der Waals surface area contributed by atoms with Crippen molar-refractivity contribution in [2.45, 2.75) is 84.0 Å². The number of halogens is 3. The van der Waals surface area contributed by atoms with E-state index in [0.29, 0.717) is 13.2 Å². The number of benzene rings is 6. The molecule has 0 aromatic heterocycles. The molecule has 9 heteroatoms. The number of esters is 2. The van der Waals surface area contributed by atoms with Crippen molar-refractivity contribution in [3.8, 4) is 33.4 Å². The van der Waals surface area contributed by atoms with Crippen molar-refractivity contribution in [3.63, 3.8) is 0 Å². The molecule has 6 aromatic carbocycles. The second kappa shape index (κ2) is 19.2. The summed E-state index contributed by atoms with van der Waals surface area (Å²) in [4.78, 5) is 33.3. The summed E-state index contributed by atoms with van der Waals surface area (Å²) in [6.07, 6.45) is 0. The summed E-state index contributed by atoms with van der Waals surface area (Å²) in [5.41, 5.74) is 16.7. The third-order valence-corrected chi connectivity index (χ3v) is 13.3. The lowest BCUT2D eigenvalue weighted by molar-refractivity contribution is -0.142. The van der Waals surface area contributed by atoms with E-state index in [9.17, 15) is 14.4 Å². The molecule has 0 radical (unpaired) electrons. The first-order chi connectivity index (χ1) is 30.3. The Hall–Kier alpha value is -5.02. The number of fused-ring (bicyclic) bond motifs is 9. The smallest absolute Gasteiger partial charge is 0.403 e. The molecule has 0 fully saturated rings. The van der Waals surface area contributed by atoms with Crippen LogP contribution in [0.4, 0.5) is 4.79 Å². The van der Waals surface area contributed by atoms with Gasteiger partial charge >= 0.3 is 17.4 Å². The Labute approximate surface area is 399 Å². The van der Waals surface area contributed by atoms with Crippen molar-refractivity contribution in [1.29, 1.82) is 0 Å². The predicted molar refractivity (Wildman–Crippen MR) is 264 cm³/mol. The van der Waals surface area contributed by atoms with E-state index in [1.165, 1.54) is 91.7 Å². The van der Waals surface area contributed by atoms with E-state index < -0.39 is 5.43 Å². The molecule has 0 saturated carbocycles. The number of carbonyl (C=O) groups is 3. The molecule has 0 N–H and O–H groups in total. The lowest BCUT2D eigenvalue weighted by Gasteiger charge is -2.22. The highest BCUT2D eigenvalue weighted by atomic mass is 79.9. The fraction of sp³-hybridized carbons (Fsp3) is 0.291. The SMILES string of the molecule is CC(=O)OCC1c2cc(Br)ccc2-c2ccc(Br)cc21.CC(=O)OCC1c2ccccc2-c2ccccc21.CC(C)(C)c1ccc2c(c1)C(COC(=O)Cl)c1cc(C(C)(C)C)ccc1-2. The van der Waals surface area contributed by atoms with Crippen LogP contribution < -0.4 is 0 Å². The predicted octanol–water partition coefficient (Wildman–Crippen LogP) is 15.0. The Balaban J connectivity index is 0.000000146. The number of hydrogen-bond acceptors (Lipinski definition) is 6. The Bertz CT molecular complexity index is 2580. The van der Waals surface area contributed by atoms with Gasteiger partial charge in [0.25, 0.3) is 0 Å². The first-order valence-corrected chi connectivity index (χ1v) is 23.4. The fourth-order valence-corrected chi connectivity index (χ4v) is 9.76. The summed E-state index contributed by atoms with van der Waals surface area (Å²) < 4.78 is 17.7. The molecule has 0 spiro atoms. The fourth-order valence-electron chi connectivity index (χ4n) is 8.94. The quantitative estimate of drug-likeness (QED) is 0.0940. The van der Waals surface area contributed by atoms with Crippen LogP contribution in [-0.4, -0.2) is 37.2 Å². The Morgan fingerprint density at radius 3 is 1.12 bits per heavy atom. The standard InChI is InChI=1S/C23H27ClO2.C16H12Br2O2.C16H14O2/c1-22(2,3)14-7-9-16-17-10-8-15(23(4,5)6)12-19(17)20(18(16)11-14)13-26-21(24)25;1-9(19)20-8-16-14-6-10(17)2-4-12(14)13-5-3-11(18)7-15(13)16;1-11(17)18-10-16-14-8-4-2-6-12(14)13-7-3-5-9-15(13)16/h7-12,20H,13H2,1-6H3;2-7,16H,8H2,1H3;2-9,16H,10H2,1H3. The van der Waals surface area contributed by atoms with E-state index in [1.54, 1.807) is 0 Å². The van der Waals surface area contributed by atoms with Gasteiger partial charge in [0.1, 0.15) is 19.8 Å². The van der Waals surface area contributed by atoms with Crippen LogP contribution >= 0.6 is 43.5 Å². The zero-order chi connectivity index (χ0) is 46.1. The third kappa shape index (κ3) is 10.3. The van der Waals surface area contributed by atoms with Gasteiger partial charge < -0.3 is 14.2 Å². The van der Waals surface area contributed by atoms with Crippen LogP contribution in [0.3, 0.4) is 0 Å². The van der Waals surface area contributed by atoms with Crippen molar-refractivity contribution in [3.05, 3.63) is 175 Å². The van der Waals surface area contributed by atoms with Gasteiger partial charge in [0.15, 0.2) is 0 Å². The summed E-state index contributed by atoms with van der Waals surface area (Å²) in [7, 11) is 0. The maximum absolute atomic E-state index is 11.2. The van der Waals surface area contributed by atoms with E-state index in [4.69, 9.17) is 25.8 Å². The van der Waals surface area contributed by atoms with Crippen molar-refractivity contribution in [2.24, 2.45) is 0 Å². The number of rotatable bonds is 6. The first-order valence-electron chi connectivity index (χ1n) is 21.5. The van der Waals surface area contributed by atoms with Gasteiger partial charge in [0.05, 0.1) is 0 Å². The van der Waals surface area contributed by atoms with E-state index in [1.807, 2.05) is 36.4 Å². The van der Waals surface area contributed by atoms with E-state index in [2.05, 4.69) is 158 Å². The molecule has 64 heavy (non-hydrogen) atoms. The lowest BCUT2D eigenvalue weighted by Crippen LogP contribution is -2.14. The zero-order valence-corrected chi connectivity index (χ0v) is 41.4. The Morgan fingerprint density at radius 2 is 0.766 bits per heavy atom. The molecule has 0 amide bonds. The van der Waals surface area contributed by atoms with Gasteiger partial charge in [-0.05, 0) is 113 Å². The number of hydrogen-bond donors (Lipinski definition) is 0. The Kier molecular flexibility index (Phi) is 14.1. The van der Waals surface area contributed by atoms with Crippen LogP contribution in [0.2, 0.25) is 0 Å². The van der Waals surface area contributed by atoms with E-state index >= 15 is 0 Å². The molecule has 0 heterocycles. The van der Waals surface area contributed by atoms with Crippen molar-refractivity contribution in [1.82, 2.24) is 0 Å². The molecule has 9 rings (SSSR count). The molecule has 3 aliphatic carbocycles. The largest absolute Gasteiger partial charge is 0.465 e. The highest BCUT2D eigenvalue weighted by Gasteiger charge is 2.33. The molecule has 6 nitrogen and oxygen atoms in total. The van der Waals surface area contributed by atoms with Gasteiger partial charge in [-0.25, -0.2) is 4.79 Å². The molecule has 0 unspecified atom stereocenters. The molecule has 6 aromatic rings. The minimum atomic E-state index is -0.751.